The fraction of sp³-hybridized carbons (Fsp3) is 0.529. The molecule has 0 bridgehead atoms. The Bertz CT molecular complexity index is 588. The van der Waals surface area contributed by atoms with Crippen molar-refractivity contribution in [3.05, 3.63) is 29.8 Å². The molecule has 6 heteroatoms. The van der Waals surface area contributed by atoms with Crippen molar-refractivity contribution >= 4 is 17.6 Å². The first-order chi connectivity index (χ1) is 10.8. The second-order valence-corrected chi connectivity index (χ2v) is 6.39. The Labute approximate surface area is 138 Å². The zero-order chi connectivity index (χ0) is 17.1. The van der Waals surface area contributed by atoms with E-state index in [0.717, 1.165) is 17.8 Å². The van der Waals surface area contributed by atoms with Gasteiger partial charge in [-0.25, -0.2) is 4.79 Å². The summed E-state index contributed by atoms with van der Waals surface area (Å²) in [6.07, 6.45) is 0. The van der Waals surface area contributed by atoms with Crippen LogP contribution in [0.1, 0.15) is 19.4 Å². The van der Waals surface area contributed by atoms with E-state index in [1.807, 2.05) is 32.2 Å². The van der Waals surface area contributed by atoms with Gasteiger partial charge in [-0.05, 0) is 25.5 Å². The van der Waals surface area contributed by atoms with E-state index in [-0.39, 0.29) is 18.0 Å². The van der Waals surface area contributed by atoms with Gasteiger partial charge in [0.15, 0.2) is 0 Å². The molecule has 126 valence electrons. The Morgan fingerprint density at radius 2 is 1.96 bits per heavy atom. The highest BCUT2D eigenvalue weighted by atomic mass is 16.2. The molecule has 1 aromatic carbocycles. The van der Waals surface area contributed by atoms with Crippen molar-refractivity contribution in [2.75, 3.05) is 32.6 Å². The minimum absolute atomic E-state index is 0.0501. The molecule has 0 radical (unpaired) electrons. The fourth-order valence-electron chi connectivity index (χ4n) is 2.94. The van der Waals surface area contributed by atoms with Crippen molar-refractivity contribution in [1.82, 2.24) is 15.1 Å². The Kier molecular flexibility index (Phi) is 5.13. The molecular formula is C17H26N4O2. The number of carbonyl (C=O) groups is 2. The highest BCUT2D eigenvalue weighted by Gasteiger charge is 2.28. The first kappa shape index (κ1) is 17.1. The highest BCUT2D eigenvalue weighted by Crippen LogP contribution is 2.25. The number of urea groups is 1. The van der Waals surface area contributed by atoms with Gasteiger partial charge in [-0.3, -0.25) is 4.79 Å². The summed E-state index contributed by atoms with van der Waals surface area (Å²) in [6.45, 7) is 5.03. The second-order valence-electron chi connectivity index (χ2n) is 6.39. The average molecular weight is 318 g/mol. The normalized spacial score (nSPS) is 18.7. The van der Waals surface area contributed by atoms with Gasteiger partial charge in [0, 0.05) is 46.0 Å². The number of rotatable bonds is 2. The summed E-state index contributed by atoms with van der Waals surface area (Å²) in [5, 5.41) is 2.81. The molecule has 2 rings (SSSR count). The maximum Gasteiger partial charge on any atom is 0.318 e. The van der Waals surface area contributed by atoms with Gasteiger partial charge in [0.1, 0.15) is 6.04 Å². The quantitative estimate of drug-likeness (QED) is 0.899. The van der Waals surface area contributed by atoms with Gasteiger partial charge in [0.05, 0.1) is 0 Å². The van der Waals surface area contributed by atoms with Crippen molar-refractivity contribution in [1.29, 1.82) is 0 Å². The molecule has 1 aromatic rings. The number of anilines is 1. The maximum atomic E-state index is 12.6. The molecule has 3 amide bonds. The van der Waals surface area contributed by atoms with E-state index in [0.29, 0.717) is 6.54 Å². The van der Waals surface area contributed by atoms with Gasteiger partial charge in [-0.15, -0.1) is 0 Å². The molecule has 2 atom stereocenters. The van der Waals surface area contributed by atoms with Gasteiger partial charge in [0.25, 0.3) is 0 Å². The summed E-state index contributed by atoms with van der Waals surface area (Å²) in [4.78, 5) is 30.0. The van der Waals surface area contributed by atoms with Gasteiger partial charge < -0.3 is 20.0 Å². The summed E-state index contributed by atoms with van der Waals surface area (Å²) in [6, 6.07) is 7.41. The van der Waals surface area contributed by atoms with Crippen LogP contribution in [0.5, 0.6) is 0 Å². The fourth-order valence-corrected chi connectivity index (χ4v) is 2.94. The van der Waals surface area contributed by atoms with Crippen LogP contribution in [0.15, 0.2) is 24.3 Å². The molecule has 6 nitrogen and oxygen atoms in total. The van der Waals surface area contributed by atoms with Crippen LogP contribution in [0.3, 0.4) is 0 Å². The molecule has 1 N–H and O–H groups in total. The number of nitrogens with one attached hydrogen (secondary N) is 1. The molecule has 1 aliphatic rings. The third-order valence-electron chi connectivity index (χ3n) is 4.23. The van der Waals surface area contributed by atoms with Crippen molar-refractivity contribution in [3.63, 3.8) is 0 Å². The molecule has 0 unspecified atom stereocenters. The Morgan fingerprint density at radius 3 is 2.61 bits per heavy atom. The third kappa shape index (κ3) is 3.75. The largest absolute Gasteiger partial charge is 0.372 e. The predicted octanol–water partition coefficient (Wildman–Crippen LogP) is 1.51. The van der Waals surface area contributed by atoms with Crippen LogP contribution in [-0.4, -0.2) is 61.5 Å². The predicted molar refractivity (Wildman–Crippen MR) is 91.4 cm³/mol. The molecule has 0 saturated carbocycles. The molecule has 1 aliphatic heterocycles. The molecule has 0 fully saturated rings. The number of amides is 3. The molecule has 0 aromatic heterocycles. The SMILES string of the molecule is C[C@H](NC(=O)N1Cc2ccccc2N(C)C[C@H]1C)C(=O)N(C)C. The van der Waals surface area contributed by atoms with E-state index in [2.05, 4.69) is 16.3 Å². The van der Waals surface area contributed by atoms with Crippen molar-refractivity contribution < 1.29 is 9.59 Å². The molecule has 0 aliphatic carbocycles. The third-order valence-corrected chi connectivity index (χ3v) is 4.23. The lowest BCUT2D eigenvalue weighted by Gasteiger charge is -2.30. The zero-order valence-electron chi connectivity index (χ0n) is 14.5. The van der Waals surface area contributed by atoms with E-state index < -0.39 is 6.04 Å². The summed E-state index contributed by atoms with van der Waals surface area (Å²) >= 11 is 0. The van der Waals surface area contributed by atoms with E-state index in [4.69, 9.17) is 0 Å². The van der Waals surface area contributed by atoms with E-state index >= 15 is 0 Å². The summed E-state index contributed by atoms with van der Waals surface area (Å²) in [5.41, 5.74) is 2.26. The molecule has 0 spiro atoms. The van der Waals surface area contributed by atoms with Crippen LogP contribution in [0.25, 0.3) is 0 Å². The van der Waals surface area contributed by atoms with Crippen molar-refractivity contribution in [3.8, 4) is 0 Å². The number of benzene rings is 1. The van der Waals surface area contributed by atoms with Crippen LogP contribution < -0.4 is 10.2 Å². The monoisotopic (exact) mass is 318 g/mol. The minimum Gasteiger partial charge on any atom is -0.372 e. The standard InChI is InChI=1S/C17H26N4O2/c1-12-10-20(5)15-9-7-6-8-14(15)11-21(12)17(23)18-13(2)16(22)19(3)4/h6-9,12-13H,10-11H2,1-5H3,(H,18,23)/t12-,13+/m1/s1. The lowest BCUT2D eigenvalue weighted by Crippen LogP contribution is -2.52. The van der Waals surface area contributed by atoms with E-state index in [9.17, 15) is 9.59 Å². The lowest BCUT2D eigenvalue weighted by molar-refractivity contribution is -0.130. The Hall–Kier alpha value is -2.24. The van der Waals surface area contributed by atoms with Gasteiger partial charge in [-0.2, -0.15) is 0 Å². The zero-order valence-corrected chi connectivity index (χ0v) is 14.5. The second kappa shape index (κ2) is 6.89. The first-order valence-corrected chi connectivity index (χ1v) is 7.88. The first-order valence-electron chi connectivity index (χ1n) is 7.88. The number of likely N-dealkylation sites (N-methyl/N-ethyl adjacent to an activating group) is 2. The summed E-state index contributed by atoms with van der Waals surface area (Å²) in [5.74, 6) is -0.113. The molecule has 0 saturated heterocycles. The van der Waals surface area contributed by atoms with Gasteiger partial charge in [0.2, 0.25) is 5.91 Å². The lowest BCUT2D eigenvalue weighted by atomic mass is 10.1. The topological polar surface area (TPSA) is 55.9 Å². The number of hydrogen-bond acceptors (Lipinski definition) is 3. The van der Waals surface area contributed by atoms with E-state index in [1.165, 1.54) is 4.90 Å². The maximum absolute atomic E-state index is 12.6. The van der Waals surface area contributed by atoms with Crippen LogP contribution in [0.4, 0.5) is 10.5 Å². The number of para-hydroxylation sites is 1. The number of hydrogen-bond donors (Lipinski definition) is 1. The summed E-state index contributed by atoms with van der Waals surface area (Å²) in [7, 11) is 5.41. The molecular weight excluding hydrogens is 292 g/mol. The minimum atomic E-state index is -0.541. The Balaban J connectivity index is 2.15. The smallest absolute Gasteiger partial charge is 0.318 e. The van der Waals surface area contributed by atoms with Crippen LogP contribution in [0.2, 0.25) is 0 Å². The van der Waals surface area contributed by atoms with Crippen LogP contribution >= 0.6 is 0 Å². The highest BCUT2D eigenvalue weighted by molar-refractivity contribution is 5.86. The van der Waals surface area contributed by atoms with Crippen LogP contribution in [-0.2, 0) is 11.3 Å². The molecule has 1 heterocycles. The van der Waals surface area contributed by atoms with Crippen molar-refractivity contribution in [2.45, 2.75) is 32.5 Å². The van der Waals surface area contributed by atoms with Gasteiger partial charge >= 0.3 is 6.03 Å². The number of nitrogens with zero attached hydrogens (tertiary/aromatic N) is 3. The Morgan fingerprint density at radius 1 is 1.30 bits per heavy atom. The van der Waals surface area contributed by atoms with Gasteiger partial charge in [-0.1, -0.05) is 18.2 Å². The van der Waals surface area contributed by atoms with E-state index in [1.54, 1.807) is 25.9 Å². The average Bonchev–Trinajstić information content (AvgIpc) is 2.63. The number of fused-ring (bicyclic) bond motifs is 1. The number of carbonyl (C=O) groups excluding carboxylic acids is 2. The summed E-state index contributed by atoms with van der Waals surface area (Å²) < 4.78 is 0. The van der Waals surface area contributed by atoms with Crippen molar-refractivity contribution in [2.24, 2.45) is 0 Å². The van der Waals surface area contributed by atoms with Crippen LogP contribution in [0, 0.1) is 0 Å². The molecule has 23 heavy (non-hydrogen) atoms.